The highest BCUT2D eigenvalue weighted by atomic mass is 32.1. The molecule has 0 amide bonds. The van der Waals surface area contributed by atoms with Crippen molar-refractivity contribution in [3.05, 3.63) is 83.6 Å². The molecule has 3 heterocycles. The Balaban J connectivity index is 1.55. The predicted molar refractivity (Wildman–Crippen MR) is 122 cm³/mol. The monoisotopic (exact) mass is 396 g/mol. The SMILES string of the molecule is Cc1ncc(-c2cccc(Nc3nccc4c(-c5ccsc5)cccc34)c2)n1C. The quantitative estimate of drug-likeness (QED) is 0.381. The molecule has 0 atom stereocenters. The zero-order valence-electron chi connectivity index (χ0n) is 16.3. The molecule has 0 aliphatic heterocycles. The van der Waals surface area contributed by atoms with Crippen molar-refractivity contribution in [2.24, 2.45) is 7.05 Å². The fourth-order valence-electron chi connectivity index (χ4n) is 3.64. The summed E-state index contributed by atoms with van der Waals surface area (Å²) in [5, 5.41) is 10.1. The van der Waals surface area contributed by atoms with Crippen molar-refractivity contribution in [2.75, 3.05) is 5.32 Å². The highest BCUT2D eigenvalue weighted by molar-refractivity contribution is 7.08. The molecule has 1 N–H and O–H groups in total. The number of nitrogens with zero attached hydrogens (tertiary/aromatic N) is 3. The Kier molecular flexibility index (Phi) is 4.37. The van der Waals surface area contributed by atoms with E-state index in [-0.39, 0.29) is 0 Å². The van der Waals surface area contributed by atoms with Crippen LogP contribution < -0.4 is 5.32 Å². The van der Waals surface area contributed by atoms with Crippen molar-refractivity contribution >= 4 is 33.6 Å². The number of imidazole rings is 1. The second-order valence-electron chi connectivity index (χ2n) is 7.03. The highest BCUT2D eigenvalue weighted by Crippen LogP contribution is 2.34. The van der Waals surface area contributed by atoms with Gasteiger partial charge in [-0.25, -0.2) is 9.97 Å². The van der Waals surface area contributed by atoms with E-state index in [9.17, 15) is 0 Å². The lowest BCUT2D eigenvalue weighted by Gasteiger charge is -2.12. The van der Waals surface area contributed by atoms with Crippen molar-refractivity contribution in [2.45, 2.75) is 6.92 Å². The van der Waals surface area contributed by atoms with Crippen molar-refractivity contribution < 1.29 is 0 Å². The largest absolute Gasteiger partial charge is 0.340 e. The average molecular weight is 397 g/mol. The summed E-state index contributed by atoms with van der Waals surface area (Å²) in [5.41, 5.74) is 5.69. The smallest absolute Gasteiger partial charge is 0.138 e. The number of hydrogen-bond acceptors (Lipinski definition) is 4. The Morgan fingerprint density at radius 1 is 0.931 bits per heavy atom. The summed E-state index contributed by atoms with van der Waals surface area (Å²) in [6, 6.07) is 19.0. The van der Waals surface area contributed by atoms with Gasteiger partial charge in [-0.15, -0.1) is 0 Å². The number of benzene rings is 2. The second kappa shape index (κ2) is 7.18. The first kappa shape index (κ1) is 17.6. The van der Waals surface area contributed by atoms with Gasteiger partial charge < -0.3 is 9.88 Å². The molecular weight excluding hydrogens is 376 g/mol. The first-order chi connectivity index (χ1) is 14.2. The summed E-state index contributed by atoms with van der Waals surface area (Å²) in [5.74, 6) is 1.85. The van der Waals surface area contributed by atoms with Crippen LogP contribution in [0.15, 0.2) is 77.8 Å². The van der Waals surface area contributed by atoms with Gasteiger partial charge in [-0.1, -0.05) is 30.3 Å². The van der Waals surface area contributed by atoms with E-state index in [1.165, 1.54) is 16.5 Å². The lowest BCUT2D eigenvalue weighted by Crippen LogP contribution is -1.97. The minimum atomic E-state index is 0.859. The van der Waals surface area contributed by atoms with Gasteiger partial charge in [0, 0.05) is 29.9 Å². The normalized spacial score (nSPS) is 11.1. The number of anilines is 2. The topological polar surface area (TPSA) is 42.7 Å². The van der Waals surface area contributed by atoms with Gasteiger partial charge >= 0.3 is 0 Å². The van der Waals surface area contributed by atoms with Gasteiger partial charge in [-0.3, -0.25) is 0 Å². The van der Waals surface area contributed by atoms with Gasteiger partial charge in [0.25, 0.3) is 0 Å². The first-order valence-corrected chi connectivity index (χ1v) is 10.4. The second-order valence-corrected chi connectivity index (χ2v) is 7.81. The van der Waals surface area contributed by atoms with Crippen LogP contribution in [-0.4, -0.2) is 14.5 Å². The fraction of sp³-hybridized carbons (Fsp3) is 0.0833. The molecule has 5 rings (SSSR count). The molecule has 2 aromatic carbocycles. The lowest BCUT2D eigenvalue weighted by atomic mass is 10.0. The number of rotatable bonds is 4. The Labute approximate surface area is 173 Å². The van der Waals surface area contributed by atoms with Crippen LogP contribution in [0.25, 0.3) is 33.2 Å². The van der Waals surface area contributed by atoms with Crippen LogP contribution >= 0.6 is 11.3 Å². The van der Waals surface area contributed by atoms with Crippen LogP contribution in [0.2, 0.25) is 0 Å². The van der Waals surface area contributed by atoms with Gasteiger partial charge in [-0.05, 0) is 58.5 Å². The van der Waals surface area contributed by atoms with E-state index in [0.29, 0.717) is 0 Å². The molecule has 0 bridgehead atoms. The average Bonchev–Trinajstić information content (AvgIpc) is 3.39. The summed E-state index contributed by atoms with van der Waals surface area (Å²) in [6.45, 7) is 2.01. The number of fused-ring (bicyclic) bond motifs is 1. The Bertz CT molecular complexity index is 1300. The molecule has 29 heavy (non-hydrogen) atoms. The van der Waals surface area contributed by atoms with Gasteiger partial charge in [-0.2, -0.15) is 11.3 Å². The molecule has 3 aromatic heterocycles. The maximum Gasteiger partial charge on any atom is 0.138 e. The Morgan fingerprint density at radius 2 is 1.83 bits per heavy atom. The maximum atomic E-state index is 4.62. The van der Waals surface area contributed by atoms with Crippen LogP contribution in [0.5, 0.6) is 0 Å². The molecule has 4 nitrogen and oxygen atoms in total. The molecule has 0 unspecified atom stereocenters. The zero-order valence-corrected chi connectivity index (χ0v) is 17.1. The van der Waals surface area contributed by atoms with Crippen molar-refractivity contribution in [1.82, 2.24) is 14.5 Å². The molecule has 0 aliphatic carbocycles. The highest BCUT2D eigenvalue weighted by Gasteiger charge is 2.10. The summed E-state index contributed by atoms with van der Waals surface area (Å²) in [4.78, 5) is 9.03. The number of aryl methyl sites for hydroxylation is 1. The van der Waals surface area contributed by atoms with E-state index in [4.69, 9.17) is 0 Å². The van der Waals surface area contributed by atoms with Crippen LogP contribution in [0.1, 0.15) is 5.82 Å². The number of pyridine rings is 1. The van der Waals surface area contributed by atoms with Crippen LogP contribution in [0.4, 0.5) is 11.5 Å². The fourth-order valence-corrected chi connectivity index (χ4v) is 4.30. The van der Waals surface area contributed by atoms with E-state index in [1.807, 2.05) is 26.4 Å². The van der Waals surface area contributed by atoms with Crippen LogP contribution in [0, 0.1) is 6.92 Å². The van der Waals surface area contributed by atoms with E-state index in [2.05, 4.69) is 85.2 Å². The Morgan fingerprint density at radius 3 is 2.62 bits per heavy atom. The standard InChI is InChI=1S/C24H20N4S/c1-16-26-14-23(28(16)2)17-5-3-6-19(13-17)27-24-22-8-4-7-20(18-10-12-29-15-18)21(22)9-11-25-24/h3-15H,1-2H3,(H,25,27). The minimum absolute atomic E-state index is 0.859. The van der Waals surface area contributed by atoms with Gasteiger partial charge in [0.05, 0.1) is 11.9 Å². The van der Waals surface area contributed by atoms with E-state index in [1.54, 1.807) is 11.3 Å². The van der Waals surface area contributed by atoms with E-state index < -0.39 is 0 Å². The zero-order chi connectivity index (χ0) is 19.8. The van der Waals surface area contributed by atoms with Gasteiger partial charge in [0.2, 0.25) is 0 Å². The number of nitrogens with one attached hydrogen (secondary N) is 1. The van der Waals surface area contributed by atoms with Crippen LogP contribution in [0.3, 0.4) is 0 Å². The van der Waals surface area contributed by atoms with Crippen molar-refractivity contribution in [3.63, 3.8) is 0 Å². The summed E-state index contributed by atoms with van der Waals surface area (Å²) >= 11 is 1.71. The van der Waals surface area contributed by atoms with E-state index in [0.717, 1.165) is 34.0 Å². The third-order valence-electron chi connectivity index (χ3n) is 5.28. The molecule has 0 fully saturated rings. The first-order valence-electron chi connectivity index (χ1n) is 9.47. The van der Waals surface area contributed by atoms with Gasteiger partial charge in [0.15, 0.2) is 0 Å². The van der Waals surface area contributed by atoms with Crippen molar-refractivity contribution in [1.29, 1.82) is 0 Å². The summed E-state index contributed by atoms with van der Waals surface area (Å²) in [6.07, 6.45) is 3.78. The molecule has 0 spiro atoms. The molecule has 0 radical (unpaired) electrons. The Hall–Kier alpha value is -3.44. The molecule has 0 saturated carbocycles. The molecule has 5 aromatic rings. The van der Waals surface area contributed by atoms with Crippen molar-refractivity contribution in [3.8, 4) is 22.4 Å². The van der Waals surface area contributed by atoms with E-state index >= 15 is 0 Å². The number of aromatic nitrogens is 3. The molecule has 5 heteroatoms. The lowest BCUT2D eigenvalue weighted by molar-refractivity contribution is 0.865. The molecule has 0 saturated heterocycles. The third-order valence-corrected chi connectivity index (χ3v) is 5.96. The molecular formula is C24H20N4S. The van der Waals surface area contributed by atoms with Crippen LogP contribution in [-0.2, 0) is 7.05 Å². The predicted octanol–water partition coefficient (Wildman–Crippen LogP) is 6.42. The van der Waals surface area contributed by atoms with Gasteiger partial charge in [0.1, 0.15) is 11.6 Å². The maximum absolute atomic E-state index is 4.62. The number of thiophene rings is 1. The molecule has 0 aliphatic rings. The number of hydrogen-bond donors (Lipinski definition) is 1. The minimum Gasteiger partial charge on any atom is -0.340 e. The summed E-state index contributed by atoms with van der Waals surface area (Å²) in [7, 11) is 2.04. The summed E-state index contributed by atoms with van der Waals surface area (Å²) < 4.78 is 2.10. The molecule has 142 valence electrons. The third kappa shape index (κ3) is 3.19.